The third-order valence-electron chi connectivity index (χ3n) is 2.58. The second kappa shape index (κ2) is 6.86. The highest BCUT2D eigenvalue weighted by molar-refractivity contribution is 5.75. The Morgan fingerprint density at radius 2 is 1.72 bits per heavy atom. The van der Waals surface area contributed by atoms with E-state index in [-0.39, 0.29) is 12.0 Å². The molecule has 5 nitrogen and oxygen atoms in total. The van der Waals surface area contributed by atoms with Gasteiger partial charge in [0.05, 0.1) is 21.3 Å². The molecule has 0 saturated carbocycles. The molecule has 0 aliphatic rings. The molecule has 1 atom stereocenters. The maximum Gasteiger partial charge on any atom is 0.322 e. The number of ether oxygens (including phenoxy) is 3. The van der Waals surface area contributed by atoms with E-state index >= 15 is 0 Å². The average Bonchev–Trinajstić information content (AvgIpc) is 2.43. The molecule has 0 radical (unpaired) electrons. The molecule has 1 aromatic carbocycles. The van der Waals surface area contributed by atoms with Crippen molar-refractivity contribution in [2.75, 3.05) is 21.3 Å². The van der Waals surface area contributed by atoms with Crippen LogP contribution in [0.3, 0.4) is 0 Å². The van der Waals surface area contributed by atoms with Crippen LogP contribution in [0.5, 0.6) is 11.5 Å². The summed E-state index contributed by atoms with van der Waals surface area (Å²) in [5, 5.41) is 3.07. The molecule has 5 heteroatoms. The van der Waals surface area contributed by atoms with Crippen molar-refractivity contribution in [3.05, 3.63) is 23.8 Å². The number of hydrogen-bond acceptors (Lipinski definition) is 5. The van der Waals surface area contributed by atoms with Crippen LogP contribution in [0.4, 0.5) is 0 Å². The largest absolute Gasteiger partial charge is 0.497 e. The van der Waals surface area contributed by atoms with Gasteiger partial charge in [-0.15, -0.1) is 0 Å². The van der Waals surface area contributed by atoms with Gasteiger partial charge < -0.3 is 19.5 Å². The number of hydrogen-bond donors (Lipinski definition) is 1. The minimum Gasteiger partial charge on any atom is -0.497 e. The molecule has 1 aromatic rings. The first-order chi connectivity index (χ1) is 8.60. The summed E-state index contributed by atoms with van der Waals surface area (Å²) in [7, 11) is 4.57. The number of methoxy groups -OCH3 is 3. The number of benzene rings is 1. The van der Waals surface area contributed by atoms with Crippen LogP contribution in [0.2, 0.25) is 0 Å². The van der Waals surface area contributed by atoms with Crippen molar-refractivity contribution in [3.63, 3.8) is 0 Å². The van der Waals surface area contributed by atoms with Crippen molar-refractivity contribution in [1.82, 2.24) is 5.32 Å². The lowest BCUT2D eigenvalue weighted by Gasteiger charge is -2.13. The van der Waals surface area contributed by atoms with E-state index in [9.17, 15) is 4.79 Å². The van der Waals surface area contributed by atoms with Crippen LogP contribution < -0.4 is 14.8 Å². The molecule has 0 aliphatic heterocycles. The molecule has 0 bridgehead atoms. The molecule has 0 fully saturated rings. The standard InChI is InChI=1S/C13H19NO4/c1-9(13(15)18-4)14-8-10-5-11(16-2)7-12(6-10)17-3/h5-7,9,14H,8H2,1-4H3. The van der Waals surface area contributed by atoms with Crippen molar-refractivity contribution in [2.45, 2.75) is 19.5 Å². The van der Waals surface area contributed by atoms with Crippen LogP contribution in [0, 0.1) is 0 Å². The fourth-order valence-corrected chi connectivity index (χ4v) is 1.50. The third kappa shape index (κ3) is 3.92. The van der Waals surface area contributed by atoms with E-state index in [1.54, 1.807) is 27.2 Å². The van der Waals surface area contributed by atoms with Crippen LogP contribution in [0.15, 0.2) is 18.2 Å². The zero-order valence-electron chi connectivity index (χ0n) is 11.1. The number of carbonyl (C=O) groups excluding carboxylic acids is 1. The van der Waals surface area contributed by atoms with Gasteiger partial charge in [-0.3, -0.25) is 4.79 Å². The highest BCUT2D eigenvalue weighted by Gasteiger charge is 2.12. The van der Waals surface area contributed by atoms with E-state index in [1.165, 1.54) is 7.11 Å². The van der Waals surface area contributed by atoms with Crippen molar-refractivity contribution in [3.8, 4) is 11.5 Å². The molecule has 100 valence electrons. The highest BCUT2D eigenvalue weighted by atomic mass is 16.5. The summed E-state index contributed by atoms with van der Waals surface area (Å²) in [5.74, 6) is 1.15. The maximum atomic E-state index is 11.2. The monoisotopic (exact) mass is 253 g/mol. The minimum absolute atomic E-state index is 0.287. The molecule has 18 heavy (non-hydrogen) atoms. The highest BCUT2D eigenvalue weighted by Crippen LogP contribution is 2.22. The molecular formula is C13H19NO4. The van der Waals surface area contributed by atoms with E-state index in [2.05, 4.69) is 10.1 Å². The zero-order valence-corrected chi connectivity index (χ0v) is 11.1. The smallest absolute Gasteiger partial charge is 0.322 e. The van der Waals surface area contributed by atoms with Gasteiger partial charge in [-0.25, -0.2) is 0 Å². The molecule has 1 rings (SSSR count). The van der Waals surface area contributed by atoms with Crippen molar-refractivity contribution in [2.24, 2.45) is 0 Å². The summed E-state index contributed by atoms with van der Waals surface area (Å²) in [6, 6.07) is 5.22. The fourth-order valence-electron chi connectivity index (χ4n) is 1.50. The van der Waals surface area contributed by atoms with Crippen LogP contribution in [0.25, 0.3) is 0 Å². The molecule has 0 aromatic heterocycles. The Balaban J connectivity index is 2.69. The molecule has 0 spiro atoms. The summed E-state index contributed by atoms with van der Waals surface area (Å²) < 4.78 is 15.0. The first-order valence-corrected chi connectivity index (χ1v) is 5.64. The SMILES string of the molecule is COC(=O)C(C)NCc1cc(OC)cc(OC)c1. The normalized spacial score (nSPS) is 11.8. The summed E-state index contributed by atoms with van der Waals surface area (Å²) in [6.45, 7) is 2.28. The Bertz CT molecular complexity index is 384. The van der Waals surface area contributed by atoms with E-state index in [4.69, 9.17) is 9.47 Å². The van der Waals surface area contributed by atoms with E-state index in [0.717, 1.165) is 17.1 Å². The van der Waals surface area contributed by atoms with Gasteiger partial charge in [0.15, 0.2) is 0 Å². The zero-order chi connectivity index (χ0) is 13.5. The second-order valence-corrected chi connectivity index (χ2v) is 3.85. The summed E-state index contributed by atoms with van der Waals surface area (Å²) in [6.07, 6.45) is 0. The quantitative estimate of drug-likeness (QED) is 0.776. The van der Waals surface area contributed by atoms with E-state index < -0.39 is 0 Å². The summed E-state index contributed by atoms with van der Waals surface area (Å²) >= 11 is 0. The average molecular weight is 253 g/mol. The van der Waals surface area contributed by atoms with Gasteiger partial charge in [-0.2, -0.15) is 0 Å². The van der Waals surface area contributed by atoms with Gasteiger partial charge in [-0.05, 0) is 24.6 Å². The van der Waals surface area contributed by atoms with Crippen LogP contribution in [-0.4, -0.2) is 33.3 Å². The van der Waals surface area contributed by atoms with Gasteiger partial charge in [0.25, 0.3) is 0 Å². The Hall–Kier alpha value is -1.75. The predicted molar refractivity (Wildman–Crippen MR) is 67.9 cm³/mol. The van der Waals surface area contributed by atoms with Gasteiger partial charge in [0.1, 0.15) is 17.5 Å². The number of carbonyl (C=O) groups is 1. The van der Waals surface area contributed by atoms with Gasteiger partial charge in [-0.1, -0.05) is 0 Å². The molecule has 1 unspecified atom stereocenters. The number of nitrogens with one attached hydrogen (secondary N) is 1. The van der Waals surface area contributed by atoms with Gasteiger partial charge in [0, 0.05) is 12.6 Å². The lowest BCUT2D eigenvalue weighted by Crippen LogP contribution is -2.34. The Morgan fingerprint density at radius 3 is 2.17 bits per heavy atom. The Morgan fingerprint density at radius 1 is 1.17 bits per heavy atom. The Kier molecular flexibility index (Phi) is 5.45. The molecule has 0 saturated heterocycles. The topological polar surface area (TPSA) is 56.8 Å². The second-order valence-electron chi connectivity index (χ2n) is 3.85. The lowest BCUT2D eigenvalue weighted by atomic mass is 10.2. The van der Waals surface area contributed by atoms with Gasteiger partial charge in [0.2, 0.25) is 0 Å². The summed E-state index contributed by atoms with van der Waals surface area (Å²) in [4.78, 5) is 11.2. The van der Waals surface area contributed by atoms with Crippen molar-refractivity contribution < 1.29 is 19.0 Å². The number of rotatable bonds is 6. The molecule has 0 heterocycles. The maximum absolute atomic E-state index is 11.2. The van der Waals surface area contributed by atoms with Crippen LogP contribution in [-0.2, 0) is 16.1 Å². The molecule has 0 amide bonds. The fraction of sp³-hybridized carbons (Fsp3) is 0.462. The first kappa shape index (κ1) is 14.3. The van der Waals surface area contributed by atoms with Crippen LogP contribution >= 0.6 is 0 Å². The number of esters is 1. The minimum atomic E-state index is -0.354. The van der Waals surface area contributed by atoms with E-state index in [0.29, 0.717) is 6.54 Å². The third-order valence-corrected chi connectivity index (χ3v) is 2.58. The first-order valence-electron chi connectivity index (χ1n) is 5.64. The Labute approximate surface area is 107 Å². The predicted octanol–water partition coefficient (Wildman–Crippen LogP) is 1.35. The van der Waals surface area contributed by atoms with Crippen molar-refractivity contribution in [1.29, 1.82) is 0 Å². The molecule has 1 N–H and O–H groups in total. The molecular weight excluding hydrogens is 234 g/mol. The van der Waals surface area contributed by atoms with Gasteiger partial charge >= 0.3 is 5.97 Å². The van der Waals surface area contributed by atoms with Crippen molar-refractivity contribution >= 4 is 5.97 Å². The summed E-state index contributed by atoms with van der Waals surface area (Å²) in [5.41, 5.74) is 0.974. The molecule has 0 aliphatic carbocycles. The van der Waals surface area contributed by atoms with E-state index in [1.807, 2.05) is 12.1 Å². The van der Waals surface area contributed by atoms with Crippen LogP contribution in [0.1, 0.15) is 12.5 Å². The lowest BCUT2D eigenvalue weighted by molar-refractivity contribution is -0.142.